The standard InChI is InChI=1S/C6H10N2O2/c1-10-6(9)5-3-2-4-7-8-5/h4-5,8H,2-3H2,1H3. The lowest BCUT2D eigenvalue weighted by Gasteiger charge is -2.15. The van der Waals surface area contributed by atoms with Crippen molar-refractivity contribution in [1.29, 1.82) is 0 Å². The number of hydrazone groups is 1. The summed E-state index contributed by atoms with van der Waals surface area (Å²) in [5.41, 5.74) is 2.66. The average Bonchev–Trinajstić information content (AvgIpc) is 2.05. The van der Waals surface area contributed by atoms with Crippen molar-refractivity contribution in [2.75, 3.05) is 7.11 Å². The van der Waals surface area contributed by atoms with Crippen molar-refractivity contribution in [3.63, 3.8) is 0 Å². The average molecular weight is 142 g/mol. The van der Waals surface area contributed by atoms with Crippen LogP contribution in [0.25, 0.3) is 0 Å². The molecule has 0 spiro atoms. The third-order valence-electron chi connectivity index (χ3n) is 1.39. The molecule has 0 aliphatic carbocycles. The van der Waals surface area contributed by atoms with E-state index >= 15 is 0 Å². The fourth-order valence-electron chi connectivity index (χ4n) is 0.826. The Morgan fingerprint density at radius 3 is 3.20 bits per heavy atom. The van der Waals surface area contributed by atoms with E-state index < -0.39 is 0 Å². The third-order valence-corrected chi connectivity index (χ3v) is 1.39. The highest BCUT2D eigenvalue weighted by molar-refractivity contribution is 5.77. The molecule has 0 saturated carbocycles. The van der Waals surface area contributed by atoms with Crippen LogP contribution in [0.4, 0.5) is 0 Å². The first-order valence-electron chi connectivity index (χ1n) is 3.19. The van der Waals surface area contributed by atoms with E-state index in [2.05, 4.69) is 15.3 Å². The van der Waals surface area contributed by atoms with Crippen molar-refractivity contribution in [3.05, 3.63) is 0 Å². The Labute approximate surface area is 59.2 Å². The number of carbonyl (C=O) groups excluding carboxylic acids is 1. The highest BCUT2D eigenvalue weighted by Crippen LogP contribution is 2.01. The van der Waals surface area contributed by atoms with Crippen molar-refractivity contribution >= 4 is 12.2 Å². The number of hydrogen-bond acceptors (Lipinski definition) is 4. The Morgan fingerprint density at radius 1 is 1.90 bits per heavy atom. The second-order valence-corrected chi connectivity index (χ2v) is 2.09. The Kier molecular flexibility index (Phi) is 2.25. The highest BCUT2D eigenvalue weighted by atomic mass is 16.5. The van der Waals surface area contributed by atoms with Gasteiger partial charge in [0.05, 0.1) is 7.11 Å². The molecule has 0 aromatic carbocycles. The van der Waals surface area contributed by atoms with Gasteiger partial charge in [-0.1, -0.05) is 0 Å². The fraction of sp³-hybridized carbons (Fsp3) is 0.667. The molecule has 1 aliphatic heterocycles. The van der Waals surface area contributed by atoms with Gasteiger partial charge in [0.25, 0.3) is 0 Å². The van der Waals surface area contributed by atoms with E-state index in [0.29, 0.717) is 0 Å². The molecule has 56 valence electrons. The van der Waals surface area contributed by atoms with Crippen LogP contribution in [-0.2, 0) is 9.53 Å². The van der Waals surface area contributed by atoms with Gasteiger partial charge in [0.15, 0.2) is 0 Å². The molecule has 0 radical (unpaired) electrons. The summed E-state index contributed by atoms with van der Waals surface area (Å²) in [5, 5.41) is 3.75. The first-order chi connectivity index (χ1) is 4.84. The summed E-state index contributed by atoms with van der Waals surface area (Å²) >= 11 is 0. The number of methoxy groups -OCH3 is 1. The molecule has 0 amide bonds. The number of rotatable bonds is 1. The first kappa shape index (κ1) is 7.05. The van der Waals surface area contributed by atoms with E-state index in [-0.39, 0.29) is 12.0 Å². The summed E-state index contributed by atoms with van der Waals surface area (Å²) in [5.74, 6) is -0.239. The van der Waals surface area contributed by atoms with Crippen LogP contribution >= 0.6 is 0 Å². The van der Waals surface area contributed by atoms with Crippen LogP contribution in [0.5, 0.6) is 0 Å². The monoisotopic (exact) mass is 142 g/mol. The molecule has 1 atom stereocenters. The molecule has 0 aromatic heterocycles. The van der Waals surface area contributed by atoms with Gasteiger partial charge >= 0.3 is 5.97 Å². The number of hydrogen-bond donors (Lipinski definition) is 1. The molecule has 4 heteroatoms. The molecule has 0 saturated heterocycles. The quantitative estimate of drug-likeness (QED) is 0.520. The molecule has 4 nitrogen and oxygen atoms in total. The molecule has 1 rings (SSSR count). The van der Waals surface area contributed by atoms with Gasteiger partial charge in [0.2, 0.25) is 0 Å². The van der Waals surface area contributed by atoms with Gasteiger partial charge in [-0.15, -0.1) is 0 Å². The summed E-state index contributed by atoms with van der Waals surface area (Å²) in [6.07, 6.45) is 3.36. The minimum Gasteiger partial charge on any atom is -0.467 e. The van der Waals surface area contributed by atoms with E-state index in [1.165, 1.54) is 7.11 Å². The molecule has 0 bridgehead atoms. The van der Waals surface area contributed by atoms with E-state index in [9.17, 15) is 4.79 Å². The van der Waals surface area contributed by atoms with Crippen molar-refractivity contribution in [2.24, 2.45) is 5.10 Å². The van der Waals surface area contributed by atoms with Crippen molar-refractivity contribution < 1.29 is 9.53 Å². The topological polar surface area (TPSA) is 50.7 Å². The van der Waals surface area contributed by atoms with E-state index in [4.69, 9.17) is 0 Å². The molecular weight excluding hydrogens is 132 g/mol. The molecule has 1 aliphatic rings. The van der Waals surface area contributed by atoms with Gasteiger partial charge in [0.1, 0.15) is 6.04 Å². The van der Waals surface area contributed by atoms with Gasteiger partial charge < -0.3 is 4.74 Å². The van der Waals surface area contributed by atoms with Gasteiger partial charge in [-0.05, 0) is 12.8 Å². The van der Waals surface area contributed by atoms with Crippen LogP contribution in [0.15, 0.2) is 5.10 Å². The maximum Gasteiger partial charge on any atom is 0.329 e. The van der Waals surface area contributed by atoms with Crippen molar-refractivity contribution in [1.82, 2.24) is 5.43 Å². The Bertz CT molecular complexity index is 156. The first-order valence-corrected chi connectivity index (χ1v) is 3.19. The van der Waals surface area contributed by atoms with E-state index in [1.807, 2.05) is 0 Å². The minimum absolute atomic E-state index is 0.239. The zero-order chi connectivity index (χ0) is 7.40. The largest absolute Gasteiger partial charge is 0.467 e. The molecule has 1 unspecified atom stereocenters. The fourth-order valence-corrected chi connectivity index (χ4v) is 0.826. The summed E-state index contributed by atoms with van der Waals surface area (Å²) in [7, 11) is 1.38. The van der Waals surface area contributed by atoms with Gasteiger partial charge in [-0.2, -0.15) is 5.10 Å². The normalized spacial score (nSPS) is 23.5. The second kappa shape index (κ2) is 3.20. The molecule has 1 N–H and O–H groups in total. The van der Waals surface area contributed by atoms with Gasteiger partial charge in [-0.3, -0.25) is 5.43 Å². The SMILES string of the molecule is COC(=O)C1CCC=NN1. The summed E-state index contributed by atoms with van der Waals surface area (Å²) in [6.45, 7) is 0. The van der Waals surface area contributed by atoms with Crippen LogP contribution < -0.4 is 5.43 Å². The zero-order valence-electron chi connectivity index (χ0n) is 5.83. The molecule has 0 aromatic rings. The number of nitrogens with zero attached hydrogens (tertiary/aromatic N) is 1. The Hall–Kier alpha value is -1.06. The Balaban J connectivity index is 2.41. The predicted molar refractivity (Wildman–Crippen MR) is 36.7 cm³/mol. The molecule has 0 fully saturated rings. The smallest absolute Gasteiger partial charge is 0.329 e. The van der Waals surface area contributed by atoms with Crippen LogP contribution in [-0.4, -0.2) is 25.3 Å². The van der Waals surface area contributed by atoms with Crippen LogP contribution in [0.2, 0.25) is 0 Å². The summed E-state index contributed by atoms with van der Waals surface area (Å²) in [6, 6.07) is -0.241. The lowest BCUT2D eigenvalue weighted by molar-refractivity contribution is -0.143. The maximum atomic E-state index is 10.8. The third kappa shape index (κ3) is 1.46. The lowest BCUT2D eigenvalue weighted by atomic mass is 10.1. The minimum atomic E-state index is -0.241. The number of ether oxygens (including phenoxy) is 1. The van der Waals surface area contributed by atoms with Gasteiger partial charge in [0, 0.05) is 6.21 Å². The molecule has 1 heterocycles. The highest BCUT2D eigenvalue weighted by Gasteiger charge is 2.18. The zero-order valence-corrected chi connectivity index (χ0v) is 5.83. The van der Waals surface area contributed by atoms with Crippen LogP contribution in [0.3, 0.4) is 0 Å². The van der Waals surface area contributed by atoms with E-state index in [0.717, 1.165) is 12.8 Å². The number of nitrogens with one attached hydrogen (secondary N) is 1. The second-order valence-electron chi connectivity index (χ2n) is 2.09. The molecule has 10 heavy (non-hydrogen) atoms. The summed E-state index contributed by atoms with van der Waals surface area (Å²) < 4.78 is 4.51. The summed E-state index contributed by atoms with van der Waals surface area (Å²) in [4.78, 5) is 10.8. The van der Waals surface area contributed by atoms with Crippen LogP contribution in [0, 0.1) is 0 Å². The lowest BCUT2D eigenvalue weighted by Crippen LogP contribution is -2.36. The maximum absolute atomic E-state index is 10.8. The van der Waals surface area contributed by atoms with Gasteiger partial charge in [-0.25, -0.2) is 4.79 Å². The Morgan fingerprint density at radius 2 is 2.70 bits per heavy atom. The molecular formula is C6H10N2O2. The van der Waals surface area contributed by atoms with E-state index in [1.54, 1.807) is 6.21 Å². The van der Waals surface area contributed by atoms with Crippen molar-refractivity contribution in [2.45, 2.75) is 18.9 Å². The van der Waals surface area contributed by atoms with Crippen LogP contribution in [0.1, 0.15) is 12.8 Å². The van der Waals surface area contributed by atoms with Crippen molar-refractivity contribution in [3.8, 4) is 0 Å². The number of carbonyl (C=O) groups is 1. The number of esters is 1. The predicted octanol–water partition coefficient (Wildman–Crippen LogP) is -0.103.